The smallest absolute Gasteiger partial charge is 0.254 e. The Hall–Kier alpha value is -1.65. The van der Waals surface area contributed by atoms with Gasteiger partial charge in [0.15, 0.2) is 0 Å². The van der Waals surface area contributed by atoms with Crippen LogP contribution in [0.25, 0.3) is 0 Å². The van der Waals surface area contributed by atoms with Crippen molar-refractivity contribution >= 4 is 11.9 Å². The molecule has 5 heteroatoms. The van der Waals surface area contributed by atoms with Gasteiger partial charge in [-0.3, -0.25) is 4.79 Å². The molecule has 0 aliphatic rings. The second-order valence-electron chi connectivity index (χ2n) is 4.53. The molecule has 0 saturated carbocycles. The Labute approximate surface area is 108 Å². The van der Waals surface area contributed by atoms with Crippen LogP contribution in [0.4, 0.5) is 5.95 Å². The van der Waals surface area contributed by atoms with Crippen LogP contribution in [0.3, 0.4) is 0 Å². The summed E-state index contributed by atoms with van der Waals surface area (Å²) >= 11 is 0. The van der Waals surface area contributed by atoms with Gasteiger partial charge >= 0.3 is 0 Å². The van der Waals surface area contributed by atoms with Gasteiger partial charge < -0.3 is 10.6 Å². The van der Waals surface area contributed by atoms with Crippen molar-refractivity contribution in [1.29, 1.82) is 0 Å². The van der Waals surface area contributed by atoms with E-state index in [9.17, 15) is 4.79 Å². The fourth-order valence-electron chi connectivity index (χ4n) is 1.25. The van der Waals surface area contributed by atoms with Crippen molar-refractivity contribution in [2.45, 2.75) is 52.6 Å². The lowest BCUT2D eigenvalue weighted by molar-refractivity contribution is 0.0938. The number of carbonyl (C=O) groups is 1. The molecular weight excluding hydrogens is 228 g/mol. The van der Waals surface area contributed by atoms with Gasteiger partial charge in [-0.1, -0.05) is 13.8 Å². The average molecular weight is 250 g/mol. The number of anilines is 1. The van der Waals surface area contributed by atoms with E-state index in [1.54, 1.807) is 12.4 Å². The third-order valence-electron chi connectivity index (χ3n) is 2.89. The van der Waals surface area contributed by atoms with Crippen LogP contribution in [-0.2, 0) is 0 Å². The molecule has 0 spiro atoms. The molecule has 2 atom stereocenters. The molecule has 0 saturated heterocycles. The number of hydrogen-bond donors (Lipinski definition) is 2. The summed E-state index contributed by atoms with van der Waals surface area (Å²) in [6, 6.07) is 0.486. The van der Waals surface area contributed by atoms with Gasteiger partial charge in [-0.2, -0.15) is 0 Å². The van der Waals surface area contributed by atoms with Crippen LogP contribution >= 0.6 is 0 Å². The van der Waals surface area contributed by atoms with Crippen LogP contribution in [0.1, 0.15) is 50.9 Å². The minimum atomic E-state index is -0.126. The average Bonchev–Trinajstić information content (AvgIpc) is 2.39. The highest BCUT2D eigenvalue weighted by Crippen LogP contribution is 2.04. The zero-order valence-corrected chi connectivity index (χ0v) is 11.5. The Morgan fingerprint density at radius 1 is 1.17 bits per heavy atom. The zero-order valence-electron chi connectivity index (χ0n) is 11.5. The third kappa shape index (κ3) is 4.31. The summed E-state index contributed by atoms with van der Waals surface area (Å²) in [4.78, 5) is 20.1. The standard InChI is InChI=1S/C13H22N4O/c1-5-9(3)16-12(18)11-7-14-13(15-8-11)17-10(4)6-2/h7-10H,5-6H2,1-4H3,(H,16,18)(H,14,15,17). The molecule has 5 nitrogen and oxygen atoms in total. The van der Waals surface area contributed by atoms with E-state index in [-0.39, 0.29) is 11.9 Å². The van der Waals surface area contributed by atoms with Crippen molar-refractivity contribution in [2.75, 3.05) is 5.32 Å². The Balaban J connectivity index is 2.62. The Morgan fingerprint density at radius 3 is 2.22 bits per heavy atom. The van der Waals surface area contributed by atoms with Gasteiger partial charge in [0.2, 0.25) is 5.95 Å². The lowest BCUT2D eigenvalue weighted by Crippen LogP contribution is -2.32. The topological polar surface area (TPSA) is 66.9 Å². The maximum Gasteiger partial charge on any atom is 0.254 e. The van der Waals surface area contributed by atoms with E-state index >= 15 is 0 Å². The third-order valence-corrected chi connectivity index (χ3v) is 2.89. The second kappa shape index (κ2) is 6.93. The van der Waals surface area contributed by atoms with Crippen molar-refractivity contribution in [3.63, 3.8) is 0 Å². The highest BCUT2D eigenvalue weighted by molar-refractivity contribution is 5.93. The Morgan fingerprint density at radius 2 is 1.72 bits per heavy atom. The summed E-state index contributed by atoms with van der Waals surface area (Å²) in [5.74, 6) is 0.434. The number of hydrogen-bond acceptors (Lipinski definition) is 4. The molecule has 18 heavy (non-hydrogen) atoms. The molecule has 0 aromatic carbocycles. The van der Waals surface area contributed by atoms with Crippen LogP contribution in [0.5, 0.6) is 0 Å². The lowest BCUT2D eigenvalue weighted by atomic mass is 10.2. The molecule has 1 heterocycles. The molecule has 0 bridgehead atoms. The molecule has 1 rings (SSSR count). The molecule has 0 aliphatic heterocycles. The highest BCUT2D eigenvalue weighted by Gasteiger charge is 2.10. The van der Waals surface area contributed by atoms with Crippen molar-refractivity contribution in [3.05, 3.63) is 18.0 Å². The normalized spacial score (nSPS) is 13.8. The van der Waals surface area contributed by atoms with E-state index in [2.05, 4.69) is 34.4 Å². The van der Waals surface area contributed by atoms with E-state index in [0.29, 0.717) is 17.6 Å². The molecule has 0 aliphatic carbocycles. The zero-order chi connectivity index (χ0) is 13.5. The molecule has 0 radical (unpaired) electrons. The monoisotopic (exact) mass is 250 g/mol. The molecule has 100 valence electrons. The van der Waals surface area contributed by atoms with Crippen molar-refractivity contribution < 1.29 is 4.79 Å². The number of amides is 1. The largest absolute Gasteiger partial charge is 0.352 e. The predicted octanol–water partition coefficient (Wildman–Crippen LogP) is 2.22. The SMILES string of the molecule is CCC(C)NC(=O)c1cnc(NC(C)CC)nc1. The molecule has 1 aromatic heterocycles. The molecule has 0 fully saturated rings. The van der Waals surface area contributed by atoms with E-state index < -0.39 is 0 Å². The van der Waals surface area contributed by atoms with Gasteiger partial charge in [-0.05, 0) is 26.7 Å². The summed E-state index contributed by atoms with van der Waals surface area (Å²) in [7, 11) is 0. The Kier molecular flexibility index (Phi) is 5.55. The van der Waals surface area contributed by atoms with Crippen LogP contribution in [0.15, 0.2) is 12.4 Å². The summed E-state index contributed by atoms with van der Waals surface area (Å²) in [5.41, 5.74) is 0.491. The van der Waals surface area contributed by atoms with Gasteiger partial charge in [-0.25, -0.2) is 9.97 Å². The predicted molar refractivity (Wildman–Crippen MR) is 72.6 cm³/mol. The van der Waals surface area contributed by atoms with Crippen molar-refractivity contribution in [2.24, 2.45) is 0 Å². The Bertz CT molecular complexity index is 377. The van der Waals surface area contributed by atoms with Gasteiger partial charge in [0.25, 0.3) is 5.91 Å². The second-order valence-corrected chi connectivity index (χ2v) is 4.53. The van der Waals surface area contributed by atoms with E-state index in [0.717, 1.165) is 12.8 Å². The minimum Gasteiger partial charge on any atom is -0.352 e. The first-order chi connectivity index (χ1) is 8.56. The van der Waals surface area contributed by atoms with Crippen LogP contribution < -0.4 is 10.6 Å². The number of rotatable bonds is 6. The number of aromatic nitrogens is 2. The maximum atomic E-state index is 11.8. The first-order valence-corrected chi connectivity index (χ1v) is 6.46. The van der Waals surface area contributed by atoms with Gasteiger partial charge in [0.05, 0.1) is 5.56 Å². The maximum absolute atomic E-state index is 11.8. The van der Waals surface area contributed by atoms with E-state index in [1.807, 2.05) is 13.8 Å². The van der Waals surface area contributed by atoms with Crippen molar-refractivity contribution in [1.82, 2.24) is 15.3 Å². The summed E-state index contributed by atoms with van der Waals surface area (Å²) in [6.07, 6.45) is 5.00. The number of carbonyl (C=O) groups excluding carboxylic acids is 1. The molecule has 1 aromatic rings. The van der Waals surface area contributed by atoms with Crippen LogP contribution in [0, 0.1) is 0 Å². The quantitative estimate of drug-likeness (QED) is 0.812. The molecule has 1 amide bonds. The lowest BCUT2D eigenvalue weighted by Gasteiger charge is -2.12. The van der Waals surface area contributed by atoms with E-state index in [4.69, 9.17) is 0 Å². The molecule has 2 unspecified atom stereocenters. The summed E-state index contributed by atoms with van der Waals surface area (Å²) in [6.45, 7) is 8.15. The minimum absolute atomic E-state index is 0.126. The van der Waals surface area contributed by atoms with Gasteiger partial charge in [-0.15, -0.1) is 0 Å². The fourth-order valence-corrected chi connectivity index (χ4v) is 1.25. The van der Waals surface area contributed by atoms with E-state index in [1.165, 1.54) is 0 Å². The molecule has 2 N–H and O–H groups in total. The van der Waals surface area contributed by atoms with Crippen LogP contribution in [0.2, 0.25) is 0 Å². The fraction of sp³-hybridized carbons (Fsp3) is 0.615. The van der Waals surface area contributed by atoms with Gasteiger partial charge in [0.1, 0.15) is 0 Å². The first kappa shape index (κ1) is 14.4. The number of nitrogens with zero attached hydrogens (tertiary/aromatic N) is 2. The summed E-state index contributed by atoms with van der Waals surface area (Å²) in [5, 5.41) is 6.03. The number of nitrogens with one attached hydrogen (secondary N) is 2. The van der Waals surface area contributed by atoms with Gasteiger partial charge in [0, 0.05) is 24.5 Å². The first-order valence-electron chi connectivity index (χ1n) is 6.46. The van der Waals surface area contributed by atoms with Crippen LogP contribution in [-0.4, -0.2) is 28.0 Å². The highest BCUT2D eigenvalue weighted by atomic mass is 16.1. The van der Waals surface area contributed by atoms with Crippen molar-refractivity contribution in [3.8, 4) is 0 Å². The molecular formula is C13H22N4O. The summed E-state index contributed by atoms with van der Waals surface area (Å²) < 4.78 is 0.